The highest BCUT2D eigenvalue weighted by atomic mass is 16.6. The van der Waals surface area contributed by atoms with Gasteiger partial charge in [-0.2, -0.15) is 0 Å². The average Bonchev–Trinajstić information content (AvgIpc) is 2.72. The van der Waals surface area contributed by atoms with Gasteiger partial charge in [0.05, 0.1) is 19.1 Å². The van der Waals surface area contributed by atoms with E-state index in [4.69, 9.17) is 9.47 Å². The molecule has 3 rings (SSSR count). The summed E-state index contributed by atoms with van der Waals surface area (Å²) in [6.07, 6.45) is 0. The Morgan fingerprint density at radius 1 is 0.963 bits per heavy atom. The van der Waals surface area contributed by atoms with Crippen molar-refractivity contribution >= 4 is 17.3 Å². The summed E-state index contributed by atoms with van der Waals surface area (Å²) >= 11 is 0. The molecule has 1 amide bonds. The van der Waals surface area contributed by atoms with E-state index >= 15 is 0 Å². The van der Waals surface area contributed by atoms with Crippen LogP contribution in [0.3, 0.4) is 0 Å². The van der Waals surface area contributed by atoms with E-state index < -0.39 is 4.92 Å². The molecule has 2 aromatic carbocycles. The molecule has 1 fully saturated rings. The Hall–Kier alpha value is -3.29. The number of nitro benzene ring substituents is 1. The fraction of sp³-hybridized carbons (Fsp3) is 0.316. The highest BCUT2D eigenvalue weighted by Gasteiger charge is 2.27. The summed E-state index contributed by atoms with van der Waals surface area (Å²) in [5.74, 6) is 0.835. The lowest BCUT2D eigenvalue weighted by molar-refractivity contribution is -0.384. The summed E-state index contributed by atoms with van der Waals surface area (Å²) in [6.45, 7) is 2.36. The predicted molar refractivity (Wildman–Crippen MR) is 101 cm³/mol. The minimum absolute atomic E-state index is 0.0656. The van der Waals surface area contributed by atoms with Crippen molar-refractivity contribution in [3.63, 3.8) is 0 Å². The molecule has 8 heteroatoms. The quantitative estimate of drug-likeness (QED) is 0.593. The number of nitrogens with zero attached hydrogens (tertiary/aromatic N) is 3. The molecular weight excluding hydrogens is 350 g/mol. The van der Waals surface area contributed by atoms with Crippen LogP contribution < -0.4 is 14.4 Å². The third-order valence-corrected chi connectivity index (χ3v) is 4.63. The van der Waals surface area contributed by atoms with Gasteiger partial charge in [0.2, 0.25) is 0 Å². The molecule has 0 bridgehead atoms. The van der Waals surface area contributed by atoms with Gasteiger partial charge in [-0.25, -0.2) is 0 Å². The molecular formula is C19H21N3O5. The third-order valence-electron chi connectivity index (χ3n) is 4.63. The molecule has 27 heavy (non-hydrogen) atoms. The molecule has 0 unspecified atom stereocenters. The Bertz CT molecular complexity index is 807. The average molecular weight is 371 g/mol. The van der Waals surface area contributed by atoms with Gasteiger partial charge in [0.1, 0.15) is 17.1 Å². The Morgan fingerprint density at radius 2 is 1.52 bits per heavy atom. The SMILES string of the molecule is COc1cccc(OC)c1C(=O)N1CCN(c2ccc([N+](=O)[O-])cc2)CC1. The lowest BCUT2D eigenvalue weighted by Gasteiger charge is -2.36. The van der Waals surface area contributed by atoms with Gasteiger partial charge in [0.25, 0.3) is 11.6 Å². The van der Waals surface area contributed by atoms with Gasteiger partial charge in [-0.05, 0) is 24.3 Å². The summed E-state index contributed by atoms with van der Waals surface area (Å²) in [4.78, 5) is 27.2. The number of rotatable bonds is 5. The van der Waals surface area contributed by atoms with Crippen LogP contribution in [0, 0.1) is 10.1 Å². The van der Waals surface area contributed by atoms with E-state index in [2.05, 4.69) is 4.90 Å². The van der Waals surface area contributed by atoms with Crippen molar-refractivity contribution in [2.24, 2.45) is 0 Å². The Balaban J connectivity index is 1.70. The molecule has 8 nitrogen and oxygen atoms in total. The highest BCUT2D eigenvalue weighted by molar-refractivity contribution is 5.99. The number of hydrogen-bond donors (Lipinski definition) is 0. The number of amides is 1. The van der Waals surface area contributed by atoms with Crippen molar-refractivity contribution in [3.05, 3.63) is 58.1 Å². The maximum Gasteiger partial charge on any atom is 0.269 e. The maximum absolute atomic E-state index is 13.0. The second-order valence-electron chi connectivity index (χ2n) is 6.09. The molecule has 0 saturated carbocycles. The zero-order valence-corrected chi connectivity index (χ0v) is 15.3. The summed E-state index contributed by atoms with van der Waals surface area (Å²) in [5, 5.41) is 10.8. The summed E-state index contributed by atoms with van der Waals surface area (Å²) < 4.78 is 10.7. The number of hydrogen-bond acceptors (Lipinski definition) is 6. The molecule has 0 atom stereocenters. The molecule has 1 aliphatic heterocycles. The van der Waals surface area contributed by atoms with E-state index in [0.717, 1.165) is 5.69 Å². The standard InChI is InChI=1S/C19H21N3O5/c1-26-16-4-3-5-17(27-2)18(16)19(23)21-12-10-20(11-13-21)14-6-8-15(9-7-14)22(24)25/h3-9H,10-13H2,1-2H3. The molecule has 142 valence electrons. The van der Waals surface area contributed by atoms with E-state index in [0.29, 0.717) is 43.2 Å². The van der Waals surface area contributed by atoms with Crippen LogP contribution in [0.15, 0.2) is 42.5 Å². The number of benzene rings is 2. The maximum atomic E-state index is 13.0. The molecule has 1 heterocycles. The first-order chi connectivity index (χ1) is 13.0. The van der Waals surface area contributed by atoms with Crippen LogP contribution in [0.5, 0.6) is 11.5 Å². The lowest BCUT2D eigenvalue weighted by Crippen LogP contribution is -2.48. The number of nitro groups is 1. The largest absolute Gasteiger partial charge is 0.496 e. The van der Waals surface area contributed by atoms with Gasteiger partial charge in [0.15, 0.2) is 0 Å². The number of ether oxygens (including phenoxy) is 2. The molecule has 2 aromatic rings. The third kappa shape index (κ3) is 3.79. The fourth-order valence-electron chi connectivity index (χ4n) is 3.17. The normalized spacial score (nSPS) is 14.0. The number of carbonyl (C=O) groups is 1. The number of methoxy groups -OCH3 is 2. The van der Waals surface area contributed by atoms with Crippen LogP contribution in [0.4, 0.5) is 11.4 Å². The van der Waals surface area contributed by atoms with E-state index in [1.807, 2.05) is 0 Å². The first kappa shape index (κ1) is 18.5. The van der Waals surface area contributed by atoms with Crippen molar-refractivity contribution in [3.8, 4) is 11.5 Å². The van der Waals surface area contributed by atoms with E-state index in [-0.39, 0.29) is 11.6 Å². The van der Waals surface area contributed by atoms with Crippen LogP contribution in [0.25, 0.3) is 0 Å². The van der Waals surface area contributed by atoms with Gasteiger partial charge in [-0.3, -0.25) is 14.9 Å². The molecule has 0 aliphatic carbocycles. The van der Waals surface area contributed by atoms with E-state index in [1.54, 1.807) is 35.2 Å². The first-order valence-corrected chi connectivity index (χ1v) is 8.55. The van der Waals surface area contributed by atoms with Crippen LogP contribution in [0.1, 0.15) is 10.4 Å². The van der Waals surface area contributed by atoms with Crippen LogP contribution >= 0.6 is 0 Å². The Labute approximate surface area is 157 Å². The minimum Gasteiger partial charge on any atom is -0.496 e. The minimum atomic E-state index is -0.416. The number of piperazine rings is 1. The van der Waals surface area contributed by atoms with Crippen molar-refractivity contribution in [2.45, 2.75) is 0 Å². The molecule has 0 spiro atoms. The van der Waals surface area contributed by atoms with Crippen LogP contribution in [-0.4, -0.2) is 56.1 Å². The van der Waals surface area contributed by atoms with Crippen molar-refractivity contribution in [2.75, 3.05) is 45.3 Å². The summed E-state index contributed by atoms with van der Waals surface area (Å²) in [6, 6.07) is 11.7. The van der Waals surface area contributed by atoms with Gasteiger partial charge < -0.3 is 19.3 Å². The fourth-order valence-corrected chi connectivity index (χ4v) is 3.17. The van der Waals surface area contributed by atoms with Crippen LogP contribution in [0.2, 0.25) is 0 Å². The first-order valence-electron chi connectivity index (χ1n) is 8.55. The molecule has 0 N–H and O–H groups in total. The molecule has 0 radical (unpaired) electrons. The van der Waals surface area contributed by atoms with E-state index in [9.17, 15) is 14.9 Å². The Morgan fingerprint density at radius 3 is 2.00 bits per heavy atom. The summed E-state index contributed by atoms with van der Waals surface area (Å²) in [7, 11) is 3.05. The Kier molecular flexibility index (Phi) is 5.44. The van der Waals surface area contributed by atoms with E-state index in [1.165, 1.54) is 26.4 Å². The van der Waals surface area contributed by atoms with Gasteiger partial charge >= 0.3 is 0 Å². The number of anilines is 1. The van der Waals surface area contributed by atoms with Crippen molar-refractivity contribution < 1.29 is 19.2 Å². The molecule has 1 aliphatic rings. The van der Waals surface area contributed by atoms with Gasteiger partial charge in [-0.1, -0.05) is 6.07 Å². The topological polar surface area (TPSA) is 85.2 Å². The smallest absolute Gasteiger partial charge is 0.269 e. The van der Waals surface area contributed by atoms with Gasteiger partial charge in [-0.15, -0.1) is 0 Å². The summed E-state index contributed by atoms with van der Waals surface area (Å²) in [5.41, 5.74) is 1.39. The van der Waals surface area contributed by atoms with Crippen molar-refractivity contribution in [1.29, 1.82) is 0 Å². The lowest BCUT2D eigenvalue weighted by atomic mass is 10.1. The van der Waals surface area contributed by atoms with Gasteiger partial charge in [0, 0.05) is 44.0 Å². The molecule has 0 aromatic heterocycles. The van der Waals surface area contributed by atoms with Crippen molar-refractivity contribution in [1.82, 2.24) is 4.90 Å². The second-order valence-corrected chi connectivity index (χ2v) is 6.09. The zero-order chi connectivity index (χ0) is 19.4. The monoisotopic (exact) mass is 371 g/mol. The van der Waals surface area contributed by atoms with Crippen LogP contribution in [-0.2, 0) is 0 Å². The molecule has 1 saturated heterocycles. The second kappa shape index (κ2) is 7.94. The zero-order valence-electron chi connectivity index (χ0n) is 15.3. The number of non-ortho nitro benzene ring substituents is 1. The highest BCUT2D eigenvalue weighted by Crippen LogP contribution is 2.30. The number of carbonyl (C=O) groups excluding carboxylic acids is 1. The predicted octanol–water partition coefficient (Wildman–Crippen LogP) is 2.57.